The Hall–Kier alpha value is -0.180. The number of carbonyl (C=O) groups excluding carboxylic acids is 1. The second-order valence-corrected chi connectivity index (χ2v) is 4.19. The average molecular weight is 190 g/mol. The van der Waals surface area contributed by atoms with Gasteiger partial charge in [-0.05, 0) is 13.3 Å². The van der Waals surface area contributed by atoms with Crippen molar-refractivity contribution in [3.8, 4) is 0 Å². The van der Waals surface area contributed by atoms with Crippen LogP contribution >= 0.6 is 11.8 Å². The van der Waals surface area contributed by atoms with Crippen LogP contribution in [-0.4, -0.2) is 23.6 Å². The van der Waals surface area contributed by atoms with E-state index in [1.807, 2.05) is 18.7 Å². The molecular weight excluding hydrogens is 172 g/mol. The van der Waals surface area contributed by atoms with Gasteiger partial charge in [0.05, 0.1) is 13.0 Å². The smallest absolute Gasteiger partial charge is 0.306 e. The summed E-state index contributed by atoms with van der Waals surface area (Å²) in [6, 6.07) is 0. The molecule has 3 heteroatoms. The minimum Gasteiger partial charge on any atom is -0.466 e. The van der Waals surface area contributed by atoms with Gasteiger partial charge < -0.3 is 4.74 Å². The maximum Gasteiger partial charge on any atom is 0.306 e. The van der Waals surface area contributed by atoms with Crippen molar-refractivity contribution in [3.05, 3.63) is 0 Å². The van der Waals surface area contributed by atoms with E-state index in [9.17, 15) is 4.79 Å². The van der Waals surface area contributed by atoms with Crippen molar-refractivity contribution in [2.45, 2.75) is 38.9 Å². The zero-order valence-corrected chi connectivity index (χ0v) is 8.95. The summed E-state index contributed by atoms with van der Waals surface area (Å²) in [5, 5.41) is 0.652. The van der Waals surface area contributed by atoms with Gasteiger partial charge in [-0.1, -0.05) is 13.8 Å². The lowest BCUT2D eigenvalue weighted by Crippen LogP contribution is -2.06. The highest BCUT2D eigenvalue weighted by atomic mass is 32.2. The number of hydrogen-bond acceptors (Lipinski definition) is 3. The molecule has 0 bridgehead atoms. The van der Waals surface area contributed by atoms with Crippen LogP contribution in [0, 0.1) is 0 Å². The van der Waals surface area contributed by atoms with Crippen molar-refractivity contribution in [2.75, 3.05) is 12.4 Å². The quantitative estimate of drug-likeness (QED) is 0.602. The Bertz CT molecular complexity index is 126. The molecule has 72 valence electrons. The fourth-order valence-electron chi connectivity index (χ4n) is 0.694. The lowest BCUT2D eigenvalue weighted by atomic mass is 10.4. The monoisotopic (exact) mass is 190 g/mol. The second-order valence-electron chi connectivity index (χ2n) is 2.64. The highest BCUT2D eigenvalue weighted by Crippen LogP contribution is 2.14. The topological polar surface area (TPSA) is 26.3 Å². The Morgan fingerprint density at radius 1 is 1.50 bits per heavy atom. The fourth-order valence-corrected chi connectivity index (χ4v) is 1.62. The Morgan fingerprint density at radius 3 is 2.67 bits per heavy atom. The molecule has 0 aromatic carbocycles. The highest BCUT2D eigenvalue weighted by Gasteiger charge is 2.03. The van der Waals surface area contributed by atoms with Gasteiger partial charge in [0.25, 0.3) is 0 Å². The van der Waals surface area contributed by atoms with Crippen LogP contribution in [0.15, 0.2) is 0 Å². The van der Waals surface area contributed by atoms with E-state index in [1.165, 1.54) is 0 Å². The van der Waals surface area contributed by atoms with Crippen LogP contribution in [0.5, 0.6) is 0 Å². The van der Waals surface area contributed by atoms with E-state index in [2.05, 4.69) is 13.8 Å². The molecular formula is C9H18O2S. The molecule has 1 unspecified atom stereocenters. The second kappa shape index (κ2) is 7.47. The van der Waals surface area contributed by atoms with Gasteiger partial charge in [-0.25, -0.2) is 0 Å². The summed E-state index contributed by atoms with van der Waals surface area (Å²) in [4.78, 5) is 10.9. The van der Waals surface area contributed by atoms with Gasteiger partial charge in [-0.2, -0.15) is 11.8 Å². The maximum atomic E-state index is 10.9. The fraction of sp³-hybridized carbons (Fsp3) is 0.889. The molecule has 0 rings (SSSR count). The Labute approximate surface area is 79.1 Å². The van der Waals surface area contributed by atoms with E-state index < -0.39 is 0 Å². The van der Waals surface area contributed by atoms with E-state index >= 15 is 0 Å². The normalized spacial score (nSPS) is 12.6. The number of ether oxygens (including phenoxy) is 1. The van der Waals surface area contributed by atoms with Gasteiger partial charge in [-0.3, -0.25) is 4.79 Å². The first kappa shape index (κ1) is 11.8. The van der Waals surface area contributed by atoms with Crippen LogP contribution < -0.4 is 0 Å². The molecule has 0 N–H and O–H groups in total. The molecule has 0 amide bonds. The molecule has 1 atom stereocenters. The average Bonchev–Trinajstić information content (AvgIpc) is 2.04. The molecule has 0 heterocycles. The molecule has 2 nitrogen and oxygen atoms in total. The number of carbonyl (C=O) groups is 1. The van der Waals surface area contributed by atoms with Crippen LogP contribution in [0.3, 0.4) is 0 Å². The van der Waals surface area contributed by atoms with E-state index in [1.54, 1.807) is 0 Å². The summed E-state index contributed by atoms with van der Waals surface area (Å²) in [7, 11) is 0. The Balaban J connectivity index is 3.24. The van der Waals surface area contributed by atoms with Crippen LogP contribution in [0.2, 0.25) is 0 Å². The summed E-state index contributed by atoms with van der Waals surface area (Å²) in [5.74, 6) is 0.807. The first-order chi connectivity index (χ1) is 5.70. The predicted molar refractivity (Wildman–Crippen MR) is 53.5 cm³/mol. The minimum absolute atomic E-state index is 0.0756. The lowest BCUT2D eigenvalue weighted by molar-refractivity contribution is -0.142. The van der Waals surface area contributed by atoms with Crippen molar-refractivity contribution in [2.24, 2.45) is 0 Å². The lowest BCUT2D eigenvalue weighted by Gasteiger charge is -2.06. The molecule has 0 saturated carbocycles. The Kier molecular flexibility index (Phi) is 7.36. The summed E-state index contributed by atoms with van der Waals surface area (Å²) in [6.45, 7) is 6.66. The van der Waals surface area contributed by atoms with Gasteiger partial charge in [0.2, 0.25) is 0 Å². The summed E-state index contributed by atoms with van der Waals surface area (Å²) < 4.78 is 4.81. The van der Waals surface area contributed by atoms with E-state index in [-0.39, 0.29) is 5.97 Å². The van der Waals surface area contributed by atoms with Crippen molar-refractivity contribution in [1.29, 1.82) is 0 Å². The third-order valence-electron chi connectivity index (χ3n) is 1.59. The van der Waals surface area contributed by atoms with Crippen LogP contribution in [0.25, 0.3) is 0 Å². The van der Waals surface area contributed by atoms with Crippen molar-refractivity contribution in [3.63, 3.8) is 0 Å². The molecule has 0 aromatic rings. The van der Waals surface area contributed by atoms with E-state index in [4.69, 9.17) is 4.74 Å². The molecule has 0 saturated heterocycles. The van der Waals surface area contributed by atoms with Crippen molar-refractivity contribution in [1.82, 2.24) is 0 Å². The molecule has 0 aliphatic heterocycles. The van der Waals surface area contributed by atoms with Crippen LogP contribution in [-0.2, 0) is 9.53 Å². The largest absolute Gasteiger partial charge is 0.466 e. The highest BCUT2D eigenvalue weighted by molar-refractivity contribution is 7.99. The minimum atomic E-state index is -0.0756. The zero-order valence-electron chi connectivity index (χ0n) is 8.13. The third kappa shape index (κ3) is 6.53. The number of rotatable bonds is 6. The van der Waals surface area contributed by atoms with Gasteiger partial charge in [0, 0.05) is 11.0 Å². The molecule has 0 fully saturated rings. The molecule has 12 heavy (non-hydrogen) atoms. The van der Waals surface area contributed by atoms with E-state index in [0.717, 1.165) is 12.2 Å². The van der Waals surface area contributed by atoms with Crippen LogP contribution in [0.1, 0.15) is 33.6 Å². The molecule has 0 aromatic heterocycles. The molecule has 0 spiro atoms. The van der Waals surface area contributed by atoms with Crippen molar-refractivity contribution >= 4 is 17.7 Å². The Morgan fingerprint density at radius 2 is 2.17 bits per heavy atom. The number of esters is 1. The molecule has 0 aliphatic carbocycles. The maximum absolute atomic E-state index is 10.9. The van der Waals surface area contributed by atoms with Crippen LogP contribution in [0.4, 0.5) is 0 Å². The van der Waals surface area contributed by atoms with Gasteiger partial charge in [-0.15, -0.1) is 0 Å². The molecule has 0 aliphatic rings. The first-order valence-corrected chi connectivity index (χ1v) is 5.52. The summed E-state index contributed by atoms with van der Waals surface area (Å²) >= 11 is 1.83. The van der Waals surface area contributed by atoms with Gasteiger partial charge in [0.15, 0.2) is 0 Å². The van der Waals surface area contributed by atoms with Gasteiger partial charge in [0.1, 0.15) is 0 Å². The number of hydrogen-bond donors (Lipinski definition) is 0. The molecule has 0 radical (unpaired) electrons. The van der Waals surface area contributed by atoms with E-state index in [0.29, 0.717) is 18.3 Å². The SMILES string of the molecule is CCOC(=O)CCSC(C)CC. The van der Waals surface area contributed by atoms with Crippen molar-refractivity contribution < 1.29 is 9.53 Å². The summed E-state index contributed by atoms with van der Waals surface area (Å²) in [5.41, 5.74) is 0. The predicted octanol–water partition coefficient (Wildman–Crippen LogP) is 2.47. The van der Waals surface area contributed by atoms with Gasteiger partial charge >= 0.3 is 5.97 Å². The standard InChI is InChI=1S/C9H18O2S/c1-4-8(3)12-7-6-9(10)11-5-2/h8H,4-7H2,1-3H3. The number of thioether (sulfide) groups is 1. The summed E-state index contributed by atoms with van der Waals surface area (Å²) in [6.07, 6.45) is 1.70. The zero-order chi connectivity index (χ0) is 9.40. The third-order valence-corrected chi connectivity index (χ3v) is 2.93. The first-order valence-electron chi connectivity index (χ1n) is 4.47.